The van der Waals surface area contributed by atoms with Crippen LogP contribution < -0.4 is 11.1 Å². The third-order valence-electron chi connectivity index (χ3n) is 8.44. The number of rotatable bonds is 14. The Balaban J connectivity index is 1.66. The lowest BCUT2D eigenvalue weighted by Gasteiger charge is -2.34. The zero-order valence-electron chi connectivity index (χ0n) is 28.8. The van der Waals surface area contributed by atoms with E-state index < -0.39 is 41.1 Å². The van der Waals surface area contributed by atoms with E-state index in [0.717, 1.165) is 39.6 Å². The summed E-state index contributed by atoms with van der Waals surface area (Å²) in [7, 11) is 3.06. The first kappa shape index (κ1) is 36.9. The number of benzene rings is 3. The first-order valence-corrected chi connectivity index (χ1v) is 16.3. The first-order chi connectivity index (χ1) is 23.2. The molecule has 0 aliphatic carbocycles. The van der Waals surface area contributed by atoms with Crippen LogP contribution in [0, 0.1) is 11.6 Å². The van der Waals surface area contributed by atoms with E-state index in [1.54, 1.807) is 19.4 Å². The zero-order chi connectivity index (χ0) is 35.7. The summed E-state index contributed by atoms with van der Waals surface area (Å²) in [6, 6.07) is 18.7. The van der Waals surface area contributed by atoms with E-state index in [1.807, 2.05) is 75.4 Å². The Labute approximate surface area is 287 Å². The van der Waals surface area contributed by atoms with Crippen LogP contribution in [-0.2, 0) is 33.6 Å². The predicted molar refractivity (Wildman–Crippen MR) is 188 cm³/mol. The number of pyridine rings is 1. The molecule has 0 radical (unpaired) electrons. The molecule has 0 fully saturated rings. The van der Waals surface area contributed by atoms with Crippen molar-refractivity contribution >= 4 is 28.5 Å². The smallest absolute Gasteiger partial charge is 0.246 e. The van der Waals surface area contributed by atoms with E-state index in [1.165, 1.54) is 29.0 Å². The van der Waals surface area contributed by atoms with Gasteiger partial charge in [-0.2, -0.15) is 0 Å². The van der Waals surface area contributed by atoms with Crippen LogP contribution >= 0.6 is 0 Å². The number of amides is 3. The molecule has 1 heterocycles. The molecule has 0 spiro atoms. The number of halogens is 2. The summed E-state index contributed by atoms with van der Waals surface area (Å²) in [5, 5.41) is 4.92. The van der Waals surface area contributed by atoms with Gasteiger partial charge in [-0.05, 0) is 85.3 Å². The fourth-order valence-corrected chi connectivity index (χ4v) is 5.90. The Bertz CT molecular complexity index is 1810. The normalized spacial score (nSPS) is 13.1. The van der Waals surface area contributed by atoms with Crippen molar-refractivity contribution in [3.05, 3.63) is 125 Å². The van der Waals surface area contributed by atoms with Crippen LogP contribution in [0.2, 0.25) is 0 Å². The van der Waals surface area contributed by atoms with E-state index in [0.29, 0.717) is 18.4 Å². The highest BCUT2D eigenvalue weighted by atomic mass is 19.2. The zero-order valence-corrected chi connectivity index (χ0v) is 28.8. The lowest BCUT2D eigenvalue weighted by atomic mass is 9.96. The van der Waals surface area contributed by atoms with Gasteiger partial charge in [-0.1, -0.05) is 54.1 Å². The van der Waals surface area contributed by atoms with Crippen LogP contribution in [-0.4, -0.2) is 70.8 Å². The molecule has 8 nitrogen and oxygen atoms in total. The topological polar surface area (TPSA) is 109 Å². The molecule has 1 aromatic heterocycles. The van der Waals surface area contributed by atoms with Crippen molar-refractivity contribution in [3.63, 3.8) is 0 Å². The third-order valence-corrected chi connectivity index (χ3v) is 8.44. The summed E-state index contributed by atoms with van der Waals surface area (Å²) in [6.45, 7) is 5.84. The van der Waals surface area contributed by atoms with Gasteiger partial charge in [0, 0.05) is 57.5 Å². The number of fused-ring (bicyclic) bond motifs is 1. The van der Waals surface area contributed by atoms with Crippen molar-refractivity contribution in [1.82, 2.24) is 20.1 Å². The summed E-state index contributed by atoms with van der Waals surface area (Å²) >= 11 is 0. The van der Waals surface area contributed by atoms with Gasteiger partial charge in [0.25, 0.3) is 0 Å². The molecule has 0 aliphatic rings. The molecule has 3 aromatic carbocycles. The monoisotopic (exact) mass is 669 g/mol. The number of aromatic nitrogens is 1. The molecule has 3 N–H and O–H groups in total. The van der Waals surface area contributed by atoms with Gasteiger partial charge in [0.2, 0.25) is 17.7 Å². The molecule has 49 heavy (non-hydrogen) atoms. The Morgan fingerprint density at radius 1 is 0.837 bits per heavy atom. The molecule has 2 atom stereocenters. The van der Waals surface area contributed by atoms with E-state index in [4.69, 9.17) is 5.73 Å². The van der Waals surface area contributed by atoms with Crippen LogP contribution in [0.4, 0.5) is 8.78 Å². The largest absolute Gasteiger partial charge is 0.354 e. The third kappa shape index (κ3) is 10.5. The maximum absolute atomic E-state index is 14.5. The Kier molecular flexibility index (Phi) is 12.4. The summed E-state index contributed by atoms with van der Waals surface area (Å²) in [4.78, 5) is 48.6. The number of hydrogen-bond acceptors (Lipinski definition) is 5. The van der Waals surface area contributed by atoms with E-state index in [-0.39, 0.29) is 25.3 Å². The highest BCUT2D eigenvalue weighted by molar-refractivity contribution is 5.95. The van der Waals surface area contributed by atoms with Gasteiger partial charge < -0.3 is 20.9 Å². The van der Waals surface area contributed by atoms with Crippen LogP contribution in [0.5, 0.6) is 0 Å². The second kappa shape index (κ2) is 16.4. The molecular formula is C39H45F2N5O3. The first-order valence-electron chi connectivity index (χ1n) is 16.3. The highest BCUT2D eigenvalue weighted by Crippen LogP contribution is 2.21. The van der Waals surface area contributed by atoms with Crippen molar-refractivity contribution in [1.29, 1.82) is 0 Å². The lowest BCUT2D eigenvalue weighted by molar-refractivity contribution is -0.146. The average molecular weight is 670 g/mol. The van der Waals surface area contributed by atoms with Crippen molar-refractivity contribution < 1.29 is 23.2 Å². The van der Waals surface area contributed by atoms with Gasteiger partial charge in [0.1, 0.15) is 12.1 Å². The van der Waals surface area contributed by atoms with Gasteiger partial charge in [0.15, 0.2) is 11.6 Å². The molecule has 3 amide bonds. The Hall–Kier alpha value is -4.96. The van der Waals surface area contributed by atoms with Crippen molar-refractivity contribution in [2.24, 2.45) is 5.73 Å². The molecule has 0 saturated heterocycles. The van der Waals surface area contributed by atoms with Crippen molar-refractivity contribution in [3.8, 4) is 0 Å². The lowest BCUT2D eigenvalue weighted by Crippen LogP contribution is -2.56. The SMILES string of the molecule is C/C(=C\C(=O)N(C)[C@H](Cc1ccc2ccccc2c1)C(=O)N(C)[C@H](Cc1ccc(F)c(F)c1)C(=O)NCCc1ccncc1)CC(C)(C)N. The van der Waals surface area contributed by atoms with Crippen molar-refractivity contribution in [2.45, 2.75) is 64.1 Å². The summed E-state index contributed by atoms with van der Waals surface area (Å²) in [6.07, 6.45) is 5.91. The Morgan fingerprint density at radius 2 is 1.47 bits per heavy atom. The summed E-state index contributed by atoms with van der Waals surface area (Å²) in [5.41, 5.74) is 8.55. The van der Waals surface area contributed by atoms with Crippen molar-refractivity contribution in [2.75, 3.05) is 20.6 Å². The molecule has 0 saturated carbocycles. The second-order valence-electron chi connectivity index (χ2n) is 13.3. The minimum atomic E-state index is -1.09. The number of likely N-dealkylation sites (N-methyl/N-ethyl adjacent to an activating group) is 2. The number of nitrogens with two attached hydrogens (primary N) is 1. The van der Waals surface area contributed by atoms with Gasteiger partial charge in [-0.25, -0.2) is 8.78 Å². The molecule has 10 heteroatoms. The van der Waals surface area contributed by atoms with Gasteiger partial charge in [-0.15, -0.1) is 0 Å². The molecule has 0 aliphatic heterocycles. The van der Waals surface area contributed by atoms with Crippen LogP contribution in [0.15, 0.2) is 96.8 Å². The average Bonchev–Trinajstić information content (AvgIpc) is 3.06. The molecule has 4 rings (SSSR count). The molecule has 4 aromatic rings. The van der Waals surface area contributed by atoms with E-state index >= 15 is 0 Å². The standard InChI is InChI=1S/C39H45F2N5O3/c1-26(25-39(2,3)42)20-36(47)45(4)35(24-28-10-12-30-8-6-7-9-31(30)21-28)38(49)46(5)34(23-29-11-13-32(40)33(41)22-29)37(48)44-19-16-27-14-17-43-18-15-27/h6-15,17-18,20-22,34-35H,16,19,23-25,42H2,1-5H3,(H,44,48)/b26-20+/t34-,35-/m1/s1. The second-order valence-corrected chi connectivity index (χ2v) is 13.3. The summed E-state index contributed by atoms with van der Waals surface area (Å²) < 4.78 is 28.0. The molecule has 0 unspecified atom stereocenters. The molecule has 258 valence electrons. The number of hydrogen-bond donors (Lipinski definition) is 2. The predicted octanol–water partition coefficient (Wildman–Crippen LogP) is 5.38. The number of carbonyl (C=O) groups excluding carboxylic acids is 3. The minimum Gasteiger partial charge on any atom is -0.354 e. The Morgan fingerprint density at radius 3 is 2.14 bits per heavy atom. The van der Waals surface area contributed by atoms with Gasteiger partial charge >= 0.3 is 0 Å². The number of nitrogens with one attached hydrogen (secondary N) is 1. The van der Waals surface area contributed by atoms with Gasteiger partial charge in [-0.3, -0.25) is 19.4 Å². The minimum absolute atomic E-state index is 0.0779. The van der Waals surface area contributed by atoms with Crippen LogP contribution in [0.1, 0.15) is 43.9 Å². The van der Waals surface area contributed by atoms with E-state index in [9.17, 15) is 23.2 Å². The molecular weight excluding hydrogens is 624 g/mol. The number of carbonyl (C=O) groups is 3. The van der Waals surface area contributed by atoms with Crippen LogP contribution in [0.25, 0.3) is 10.8 Å². The summed E-state index contributed by atoms with van der Waals surface area (Å²) in [5.74, 6) is -3.39. The maximum Gasteiger partial charge on any atom is 0.246 e. The fourth-order valence-electron chi connectivity index (χ4n) is 5.90. The quantitative estimate of drug-likeness (QED) is 0.175. The van der Waals surface area contributed by atoms with Crippen LogP contribution in [0.3, 0.4) is 0 Å². The fraction of sp³-hybridized carbons (Fsp3) is 0.333. The van der Waals surface area contributed by atoms with E-state index in [2.05, 4.69) is 10.3 Å². The number of nitrogens with zero attached hydrogens (tertiary/aromatic N) is 3. The molecule has 0 bridgehead atoms. The highest BCUT2D eigenvalue weighted by Gasteiger charge is 2.35. The van der Waals surface area contributed by atoms with Gasteiger partial charge in [0.05, 0.1) is 0 Å². The maximum atomic E-state index is 14.5.